The monoisotopic (exact) mass is 813 g/mol. The van der Waals surface area contributed by atoms with Crippen molar-refractivity contribution < 1.29 is 28.1 Å². The van der Waals surface area contributed by atoms with E-state index < -0.39 is 27.6 Å². The van der Waals surface area contributed by atoms with Gasteiger partial charge in [-0.1, -0.05) is 82.6 Å². The van der Waals surface area contributed by atoms with Crippen LogP contribution in [0.5, 0.6) is 5.75 Å². The third-order valence-corrected chi connectivity index (χ3v) is 13.4. The average Bonchev–Trinajstić information content (AvgIpc) is 3.81. The van der Waals surface area contributed by atoms with Crippen molar-refractivity contribution in [2.24, 2.45) is 0 Å². The molecule has 0 saturated carbocycles. The van der Waals surface area contributed by atoms with Gasteiger partial charge < -0.3 is 23.5 Å². The summed E-state index contributed by atoms with van der Waals surface area (Å²) in [6.07, 6.45) is 0.324. The van der Waals surface area contributed by atoms with Crippen LogP contribution in [0.15, 0.2) is 60.7 Å². The third kappa shape index (κ3) is 10.8. The van der Waals surface area contributed by atoms with E-state index in [-0.39, 0.29) is 31.9 Å². The first-order valence-electron chi connectivity index (χ1n) is 20.1. The first-order chi connectivity index (χ1) is 26.9. The molecule has 0 radical (unpaired) electrons. The van der Waals surface area contributed by atoms with Gasteiger partial charge in [-0.15, -0.1) is 0 Å². The maximum Gasteiger partial charge on any atom is 0.410 e. The summed E-state index contributed by atoms with van der Waals surface area (Å²) < 4.78 is 44.0. The second-order valence-corrected chi connectivity index (χ2v) is 29.7. The molecule has 3 heterocycles. The molecule has 5 aromatic rings. The molecule has 0 bridgehead atoms. The fourth-order valence-electron chi connectivity index (χ4n) is 6.70. The SMILES string of the molecule is CCc1cc(OCc2ccccc2)c(F)cc1-c1ccc2c(-c3nc4c(n3COCC[Si](C)(C)C)CN(C(=O)OC(C)(C)C)C4)nn(COCC[Si](C)(C)C)c2c1. The Morgan fingerprint density at radius 2 is 1.56 bits per heavy atom. The van der Waals surface area contributed by atoms with Gasteiger partial charge in [0.1, 0.15) is 31.4 Å². The molecule has 0 unspecified atom stereocenters. The average molecular weight is 814 g/mol. The second-order valence-electron chi connectivity index (χ2n) is 18.4. The number of imidazole rings is 1. The van der Waals surface area contributed by atoms with Crippen LogP contribution >= 0.6 is 0 Å². The second kappa shape index (κ2) is 17.3. The number of ether oxygens (including phenoxy) is 4. The van der Waals surface area contributed by atoms with E-state index in [2.05, 4.69) is 56.8 Å². The van der Waals surface area contributed by atoms with Crippen molar-refractivity contribution in [3.8, 4) is 28.4 Å². The number of hydrogen-bond acceptors (Lipinski definition) is 7. The van der Waals surface area contributed by atoms with Crippen LogP contribution in [0.4, 0.5) is 9.18 Å². The molecule has 306 valence electrons. The van der Waals surface area contributed by atoms with Gasteiger partial charge in [-0.2, -0.15) is 5.10 Å². The molecule has 0 atom stereocenters. The van der Waals surface area contributed by atoms with Gasteiger partial charge in [-0.3, -0.25) is 4.90 Å². The predicted molar refractivity (Wildman–Crippen MR) is 230 cm³/mol. The van der Waals surface area contributed by atoms with E-state index in [0.29, 0.717) is 44.2 Å². The molecule has 1 aliphatic rings. The number of benzene rings is 3. The van der Waals surface area contributed by atoms with Crippen molar-refractivity contribution in [1.82, 2.24) is 24.2 Å². The Labute approximate surface area is 339 Å². The summed E-state index contributed by atoms with van der Waals surface area (Å²) in [5, 5.41) is 6.06. The van der Waals surface area contributed by atoms with Crippen molar-refractivity contribution in [3.05, 3.63) is 89.0 Å². The first kappa shape index (κ1) is 42.3. The Bertz CT molecular complexity index is 2180. The normalized spacial score (nSPS) is 13.4. The van der Waals surface area contributed by atoms with Crippen LogP contribution < -0.4 is 4.74 Å². The molecule has 0 saturated heterocycles. The molecule has 13 heteroatoms. The van der Waals surface area contributed by atoms with E-state index in [1.165, 1.54) is 0 Å². The zero-order chi connectivity index (χ0) is 41.1. The smallest absolute Gasteiger partial charge is 0.410 e. The predicted octanol–water partition coefficient (Wildman–Crippen LogP) is 10.7. The minimum absolute atomic E-state index is 0.237. The summed E-state index contributed by atoms with van der Waals surface area (Å²) in [5.41, 5.74) is 6.28. The molecule has 6 rings (SSSR count). The minimum Gasteiger partial charge on any atom is -0.486 e. The number of halogens is 1. The lowest BCUT2D eigenvalue weighted by Gasteiger charge is -2.24. The summed E-state index contributed by atoms with van der Waals surface area (Å²) in [6, 6.07) is 21.4. The standard InChI is InChI=1S/C44H60FN5O5Si2/c1-11-32-24-40(54-28-31-15-13-12-14-16-31)36(45)25-35(32)33-17-18-34-38(23-33)50(30-53-20-22-57(8,9)10)47-41(34)42-46-37-26-48(43(51)55-44(2,3)4)27-39(37)49(42)29-52-19-21-56(5,6)7/h12-18,23-25H,11,19-22,26-30H2,1-10H3. The number of carbonyl (C=O) groups is 1. The van der Waals surface area contributed by atoms with Crippen molar-refractivity contribution in [2.45, 2.75) is 124 Å². The van der Waals surface area contributed by atoms with E-state index in [4.69, 9.17) is 29.0 Å². The van der Waals surface area contributed by atoms with Gasteiger partial charge in [0.2, 0.25) is 0 Å². The third-order valence-electron chi connectivity index (χ3n) is 9.97. The van der Waals surface area contributed by atoms with Crippen LogP contribution in [-0.4, -0.2) is 65.3 Å². The molecule has 2 aromatic heterocycles. The molecule has 3 aromatic carbocycles. The van der Waals surface area contributed by atoms with Crippen LogP contribution in [0.25, 0.3) is 33.5 Å². The van der Waals surface area contributed by atoms with Gasteiger partial charge in [0.25, 0.3) is 0 Å². The molecule has 1 aliphatic heterocycles. The van der Waals surface area contributed by atoms with Crippen molar-refractivity contribution in [1.29, 1.82) is 0 Å². The van der Waals surface area contributed by atoms with E-state index in [1.54, 1.807) is 11.0 Å². The number of aryl methyl sites for hydroxylation is 1. The lowest BCUT2D eigenvalue weighted by Crippen LogP contribution is -2.34. The van der Waals surface area contributed by atoms with Crippen LogP contribution in [0, 0.1) is 5.82 Å². The zero-order valence-corrected chi connectivity index (χ0v) is 37.5. The topological polar surface area (TPSA) is 92.9 Å². The molecule has 0 N–H and O–H groups in total. The molecule has 57 heavy (non-hydrogen) atoms. The summed E-state index contributed by atoms with van der Waals surface area (Å²) in [6.45, 7) is 24.5. The first-order valence-corrected chi connectivity index (χ1v) is 27.5. The number of amides is 1. The van der Waals surface area contributed by atoms with Gasteiger partial charge in [0.05, 0.1) is 30.0 Å². The summed E-state index contributed by atoms with van der Waals surface area (Å²) in [7, 11) is -2.65. The van der Waals surface area contributed by atoms with Gasteiger partial charge in [-0.25, -0.2) is 18.9 Å². The molecule has 0 spiro atoms. The van der Waals surface area contributed by atoms with Gasteiger partial charge in [-0.05, 0) is 85.8 Å². The quantitative estimate of drug-likeness (QED) is 0.0723. The highest BCUT2D eigenvalue weighted by Crippen LogP contribution is 2.37. The Morgan fingerprint density at radius 1 is 0.877 bits per heavy atom. The highest BCUT2D eigenvalue weighted by Gasteiger charge is 2.34. The molecular formula is C44H60FN5O5Si2. The van der Waals surface area contributed by atoms with Gasteiger partial charge in [0.15, 0.2) is 17.4 Å². The fraction of sp³-hybridized carbons (Fsp3) is 0.477. The number of rotatable bonds is 16. The Hall–Kier alpha value is -4.31. The lowest BCUT2D eigenvalue weighted by molar-refractivity contribution is 0.0232. The highest BCUT2D eigenvalue weighted by atomic mass is 28.3. The Kier molecular flexibility index (Phi) is 12.8. The highest BCUT2D eigenvalue weighted by molar-refractivity contribution is 6.76. The van der Waals surface area contributed by atoms with Crippen molar-refractivity contribution in [2.75, 3.05) is 13.2 Å². The zero-order valence-electron chi connectivity index (χ0n) is 35.5. The van der Waals surface area contributed by atoms with E-state index in [9.17, 15) is 4.79 Å². The van der Waals surface area contributed by atoms with E-state index in [0.717, 1.165) is 56.6 Å². The van der Waals surface area contributed by atoms with Crippen molar-refractivity contribution >= 4 is 33.1 Å². The Morgan fingerprint density at radius 3 is 2.21 bits per heavy atom. The number of hydrogen-bond donors (Lipinski definition) is 0. The minimum atomic E-state index is -1.33. The van der Waals surface area contributed by atoms with Crippen LogP contribution in [0.3, 0.4) is 0 Å². The van der Waals surface area contributed by atoms with Crippen LogP contribution in [-0.2, 0) is 53.8 Å². The number of carbonyl (C=O) groups excluding carboxylic acids is 1. The van der Waals surface area contributed by atoms with Gasteiger partial charge >= 0.3 is 6.09 Å². The summed E-state index contributed by atoms with van der Waals surface area (Å²) in [5.74, 6) is 0.504. The molecule has 10 nitrogen and oxygen atoms in total. The van der Waals surface area contributed by atoms with Crippen LogP contribution in [0.1, 0.15) is 50.2 Å². The number of nitrogens with zero attached hydrogens (tertiary/aromatic N) is 5. The van der Waals surface area contributed by atoms with E-state index in [1.807, 2.05) is 74.0 Å². The lowest BCUT2D eigenvalue weighted by atomic mass is 9.96. The van der Waals surface area contributed by atoms with Crippen LogP contribution in [0.2, 0.25) is 51.4 Å². The number of aromatic nitrogens is 4. The summed E-state index contributed by atoms with van der Waals surface area (Å²) in [4.78, 5) is 20.0. The number of fused-ring (bicyclic) bond motifs is 2. The fourth-order valence-corrected chi connectivity index (χ4v) is 8.22. The van der Waals surface area contributed by atoms with Crippen molar-refractivity contribution in [3.63, 3.8) is 0 Å². The maximum atomic E-state index is 15.7. The Balaban J connectivity index is 1.38. The van der Waals surface area contributed by atoms with Gasteiger partial charge in [0, 0.05) is 34.7 Å². The molecular weight excluding hydrogens is 754 g/mol. The molecule has 0 aliphatic carbocycles. The molecule has 0 fully saturated rings. The summed E-state index contributed by atoms with van der Waals surface area (Å²) >= 11 is 0. The maximum absolute atomic E-state index is 15.7. The van der Waals surface area contributed by atoms with E-state index >= 15 is 4.39 Å². The molecule has 1 amide bonds. The largest absolute Gasteiger partial charge is 0.486 e.